The number of fused-ring (bicyclic) bond motifs is 1. The predicted molar refractivity (Wildman–Crippen MR) is 98.8 cm³/mol. The van der Waals surface area contributed by atoms with Crippen molar-refractivity contribution in [3.05, 3.63) is 71.3 Å². The van der Waals surface area contributed by atoms with Crippen LogP contribution < -0.4 is 0 Å². The van der Waals surface area contributed by atoms with Crippen LogP contribution in [0.1, 0.15) is 41.9 Å². The summed E-state index contributed by atoms with van der Waals surface area (Å²) in [6.45, 7) is 4.00. The Morgan fingerprint density at radius 1 is 1.07 bits per heavy atom. The Morgan fingerprint density at radius 2 is 1.81 bits per heavy atom. The number of nitrogens with zero attached hydrogens (tertiary/aromatic N) is 3. The topological polar surface area (TPSA) is 30.7 Å². The minimum atomic E-state index is -4.32. The van der Waals surface area contributed by atoms with Gasteiger partial charge in [0.25, 0.3) is 0 Å². The fourth-order valence-corrected chi connectivity index (χ4v) is 3.51. The summed E-state index contributed by atoms with van der Waals surface area (Å²) in [6.07, 6.45) is 2.03. The molecule has 3 aromatic rings. The summed E-state index contributed by atoms with van der Waals surface area (Å²) < 4.78 is 40.4. The van der Waals surface area contributed by atoms with Crippen molar-refractivity contribution in [1.29, 1.82) is 0 Å². The van der Waals surface area contributed by atoms with Gasteiger partial charge in [0, 0.05) is 17.5 Å². The molecular formula is C21H18F3N3. The SMILES string of the molecule is Cc1cc(-c2cnn3c2C=C(c2ccc(C(F)(F)F)cc2)C[C@@H]3C)ccn1. The second-order valence-electron chi connectivity index (χ2n) is 6.87. The highest BCUT2D eigenvalue weighted by atomic mass is 19.4. The molecule has 0 unspecified atom stereocenters. The van der Waals surface area contributed by atoms with Crippen molar-refractivity contribution >= 4 is 11.6 Å². The first-order valence-electron chi connectivity index (χ1n) is 8.71. The minimum absolute atomic E-state index is 0.124. The number of hydrogen-bond acceptors (Lipinski definition) is 2. The van der Waals surface area contributed by atoms with Crippen LogP contribution in [0.5, 0.6) is 0 Å². The van der Waals surface area contributed by atoms with E-state index >= 15 is 0 Å². The minimum Gasteiger partial charge on any atom is -0.262 e. The number of hydrogen-bond donors (Lipinski definition) is 0. The lowest BCUT2D eigenvalue weighted by atomic mass is 9.93. The highest BCUT2D eigenvalue weighted by molar-refractivity contribution is 5.87. The number of aryl methyl sites for hydroxylation is 1. The first-order valence-corrected chi connectivity index (χ1v) is 8.71. The molecule has 1 aliphatic rings. The molecule has 27 heavy (non-hydrogen) atoms. The van der Waals surface area contributed by atoms with Crippen molar-refractivity contribution in [2.45, 2.75) is 32.5 Å². The number of allylic oxidation sites excluding steroid dienone is 1. The van der Waals surface area contributed by atoms with Gasteiger partial charge in [-0.15, -0.1) is 0 Å². The Morgan fingerprint density at radius 3 is 2.48 bits per heavy atom. The van der Waals surface area contributed by atoms with E-state index in [2.05, 4.69) is 17.0 Å². The van der Waals surface area contributed by atoms with Crippen LogP contribution in [0.3, 0.4) is 0 Å². The average Bonchev–Trinajstić information content (AvgIpc) is 3.06. The molecule has 0 aliphatic carbocycles. The summed E-state index contributed by atoms with van der Waals surface area (Å²) in [5.41, 5.74) is 5.10. The van der Waals surface area contributed by atoms with Gasteiger partial charge in [-0.1, -0.05) is 12.1 Å². The normalized spacial score (nSPS) is 16.8. The number of alkyl halides is 3. The number of benzene rings is 1. The third kappa shape index (κ3) is 3.27. The van der Waals surface area contributed by atoms with Gasteiger partial charge in [0.15, 0.2) is 0 Å². The molecule has 0 bridgehead atoms. The third-order valence-corrected chi connectivity index (χ3v) is 4.87. The second kappa shape index (κ2) is 6.37. The van der Waals surface area contributed by atoms with Crippen LogP contribution in [0.25, 0.3) is 22.8 Å². The molecule has 4 rings (SSSR count). The first kappa shape index (κ1) is 17.5. The molecule has 3 heterocycles. The number of rotatable bonds is 2. The van der Waals surface area contributed by atoms with Crippen LogP contribution in [0.2, 0.25) is 0 Å². The highest BCUT2D eigenvalue weighted by Gasteiger charge is 2.30. The van der Waals surface area contributed by atoms with E-state index in [4.69, 9.17) is 0 Å². The fourth-order valence-electron chi connectivity index (χ4n) is 3.51. The molecule has 6 heteroatoms. The van der Waals surface area contributed by atoms with Crippen molar-refractivity contribution in [3.63, 3.8) is 0 Å². The standard InChI is InChI=1S/C21H18F3N3/c1-13-9-16(7-8-25-13)19-12-26-27-14(2)10-17(11-20(19)27)15-3-5-18(6-4-15)21(22,23)24/h3-9,11-12,14H,10H2,1-2H3/t14-/m0/s1. The molecule has 0 saturated heterocycles. The van der Waals surface area contributed by atoms with Gasteiger partial charge in [0.1, 0.15) is 0 Å². The molecule has 0 amide bonds. The zero-order valence-corrected chi connectivity index (χ0v) is 15.0. The van der Waals surface area contributed by atoms with E-state index in [1.165, 1.54) is 0 Å². The van der Waals surface area contributed by atoms with Gasteiger partial charge < -0.3 is 0 Å². The summed E-state index contributed by atoms with van der Waals surface area (Å²) >= 11 is 0. The van der Waals surface area contributed by atoms with Gasteiger partial charge in [0.2, 0.25) is 0 Å². The van der Waals surface area contributed by atoms with Crippen LogP contribution in [0, 0.1) is 6.92 Å². The Balaban J connectivity index is 1.76. The van der Waals surface area contributed by atoms with Gasteiger partial charge >= 0.3 is 6.18 Å². The van der Waals surface area contributed by atoms with Crippen molar-refractivity contribution in [2.75, 3.05) is 0 Å². The second-order valence-corrected chi connectivity index (χ2v) is 6.87. The molecule has 3 nitrogen and oxygen atoms in total. The molecule has 0 spiro atoms. The lowest BCUT2D eigenvalue weighted by Crippen LogP contribution is -2.14. The fraction of sp³-hybridized carbons (Fsp3) is 0.238. The van der Waals surface area contributed by atoms with Gasteiger partial charge in [-0.3, -0.25) is 9.67 Å². The molecule has 0 fully saturated rings. The monoisotopic (exact) mass is 369 g/mol. The third-order valence-electron chi connectivity index (χ3n) is 4.87. The highest BCUT2D eigenvalue weighted by Crippen LogP contribution is 2.38. The van der Waals surface area contributed by atoms with Crippen molar-refractivity contribution in [1.82, 2.24) is 14.8 Å². The van der Waals surface area contributed by atoms with Gasteiger partial charge in [-0.25, -0.2) is 0 Å². The lowest BCUT2D eigenvalue weighted by molar-refractivity contribution is -0.137. The van der Waals surface area contributed by atoms with E-state index in [0.29, 0.717) is 0 Å². The average molecular weight is 369 g/mol. The van der Waals surface area contributed by atoms with Crippen LogP contribution in [0.4, 0.5) is 13.2 Å². The van der Waals surface area contributed by atoms with E-state index in [9.17, 15) is 13.2 Å². The summed E-state index contributed by atoms with van der Waals surface area (Å²) in [4.78, 5) is 4.23. The predicted octanol–water partition coefficient (Wildman–Crippen LogP) is 5.78. The molecule has 138 valence electrons. The molecule has 1 aliphatic heterocycles. The Hall–Kier alpha value is -2.89. The van der Waals surface area contributed by atoms with Gasteiger partial charge in [-0.2, -0.15) is 18.3 Å². The summed E-state index contributed by atoms with van der Waals surface area (Å²) in [6, 6.07) is 9.44. The number of pyridine rings is 1. The van der Waals surface area contributed by atoms with E-state index in [-0.39, 0.29) is 6.04 Å². The Bertz CT molecular complexity index is 1010. The summed E-state index contributed by atoms with van der Waals surface area (Å²) in [7, 11) is 0. The zero-order valence-electron chi connectivity index (χ0n) is 15.0. The molecular weight excluding hydrogens is 351 g/mol. The maximum atomic E-state index is 12.8. The maximum Gasteiger partial charge on any atom is 0.416 e. The lowest BCUT2D eigenvalue weighted by Gasteiger charge is -2.23. The van der Waals surface area contributed by atoms with E-state index in [1.54, 1.807) is 18.3 Å². The smallest absolute Gasteiger partial charge is 0.262 e. The quantitative estimate of drug-likeness (QED) is 0.573. The zero-order chi connectivity index (χ0) is 19.2. The van der Waals surface area contributed by atoms with E-state index in [0.717, 1.165) is 52.2 Å². The Labute approximate surface area is 155 Å². The molecule has 0 N–H and O–H groups in total. The van der Waals surface area contributed by atoms with Crippen LogP contribution >= 0.6 is 0 Å². The molecule has 1 atom stereocenters. The van der Waals surface area contributed by atoms with Gasteiger partial charge in [-0.05, 0) is 67.3 Å². The number of aromatic nitrogens is 3. The number of halogens is 3. The first-order chi connectivity index (χ1) is 12.8. The maximum absolute atomic E-state index is 12.8. The summed E-state index contributed by atoms with van der Waals surface area (Å²) in [5.74, 6) is 0. The van der Waals surface area contributed by atoms with Crippen molar-refractivity contribution < 1.29 is 13.2 Å². The molecule has 2 aromatic heterocycles. The largest absolute Gasteiger partial charge is 0.416 e. The van der Waals surface area contributed by atoms with E-state index in [1.807, 2.05) is 36.0 Å². The molecule has 0 radical (unpaired) electrons. The molecule has 1 aromatic carbocycles. The van der Waals surface area contributed by atoms with Crippen molar-refractivity contribution in [2.24, 2.45) is 0 Å². The van der Waals surface area contributed by atoms with Crippen molar-refractivity contribution in [3.8, 4) is 11.1 Å². The van der Waals surface area contributed by atoms with Gasteiger partial charge in [0.05, 0.1) is 23.5 Å². The van der Waals surface area contributed by atoms with Crippen LogP contribution in [-0.4, -0.2) is 14.8 Å². The Kier molecular flexibility index (Phi) is 4.13. The van der Waals surface area contributed by atoms with E-state index < -0.39 is 11.7 Å². The molecule has 0 saturated carbocycles. The van der Waals surface area contributed by atoms with Crippen LogP contribution in [0.15, 0.2) is 48.8 Å². The summed E-state index contributed by atoms with van der Waals surface area (Å²) in [5, 5.41) is 4.52. The van der Waals surface area contributed by atoms with Crippen LogP contribution in [-0.2, 0) is 6.18 Å².